The molecule has 0 aromatic rings. The summed E-state index contributed by atoms with van der Waals surface area (Å²) in [7, 11) is 0. The van der Waals surface area contributed by atoms with Crippen molar-refractivity contribution in [2.75, 3.05) is 19.7 Å². The van der Waals surface area contributed by atoms with Crippen molar-refractivity contribution in [2.45, 2.75) is 82.5 Å². The van der Waals surface area contributed by atoms with Gasteiger partial charge in [0.15, 0.2) is 0 Å². The molecule has 0 amide bonds. The summed E-state index contributed by atoms with van der Waals surface area (Å²) in [4.78, 5) is 2.46. The van der Waals surface area contributed by atoms with Crippen LogP contribution in [0.1, 0.15) is 64.7 Å². The van der Waals surface area contributed by atoms with E-state index in [0.717, 1.165) is 30.8 Å². The molecule has 0 radical (unpaired) electrons. The monoisotopic (exact) mass is 307 g/mol. The minimum Gasteiger partial charge on any atom is -0.389 e. The molecule has 4 bridgehead atoms. The van der Waals surface area contributed by atoms with Gasteiger partial charge in [0.25, 0.3) is 0 Å². The lowest BCUT2D eigenvalue weighted by atomic mass is 9.54. The van der Waals surface area contributed by atoms with Gasteiger partial charge in [-0.3, -0.25) is 4.90 Å². The van der Waals surface area contributed by atoms with Crippen LogP contribution in [0.2, 0.25) is 0 Å². The fourth-order valence-corrected chi connectivity index (χ4v) is 6.23. The molecule has 1 N–H and O–H groups in total. The highest BCUT2D eigenvalue weighted by Gasteiger charge is 2.51. The van der Waals surface area contributed by atoms with Gasteiger partial charge < -0.3 is 9.84 Å². The van der Waals surface area contributed by atoms with E-state index < -0.39 is 0 Å². The fraction of sp³-hybridized carbons (Fsp3) is 1.00. The Morgan fingerprint density at radius 1 is 1.09 bits per heavy atom. The number of hydrogen-bond donors (Lipinski definition) is 1. The normalized spacial score (nSPS) is 46.1. The third kappa shape index (κ3) is 3.09. The number of hydrogen-bond acceptors (Lipinski definition) is 3. The van der Waals surface area contributed by atoms with Crippen LogP contribution in [-0.2, 0) is 4.74 Å². The zero-order valence-electron chi connectivity index (χ0n) is 14.2. The lowest BCUT2D eigenvalue weighted by molar-refractivity contribution is -0.176. The maximum Gasteiger partial charge on any atom is 0.0900 e. The van der Waals surface area contributed by atoms with Gasteiger partial charge in [-0.25, -0.2) is 0 Å². The van der Waals surface area contributed by atoms with Gasteiger partial charge in [0.1, 0.15) is 0 Å². The third-order valence-corrected chi connectivity index (χ3v) is 6.95. The molecule has 5 rings (SSSR count). The van der Waals surface area contributed by atoms with Crippen molar-refractivity contribution in [2.24, 2.45) is 17.8 Å². The Kier molecular flexibility index (Phi) is 4.25. The Balaban J connectivity index is 1.29. The van der Waals surface area contributed by atoms with Gasteiger partial charge in [-0.2, -0.15) is 0 Å². The molecule has 3 heteroatoms. The van der Waals surface area contributed by atoms with Gasteiger partial charge in [-0.15, -0.1) is 0 Å². The second-order valence-corrected chi connectivity index (χ2v) is 8.91. The Morgan fingerprint density at radius 3 is 2.32 bits per heavy atom. The van der Waals surface area contributed by atoms with Crippen molar-refractivity contribution >= 4 is 0 Å². The summed E-state index contributed by atoms with van der Waals surface area (Å²) in [6.07, 6.45) is 11.8. The molecule has 4 saturated carbocycles. The number of nitrogens with zero attached hydrogens (tertiary/aromatic N) is 1. The predicted octanol–water partition coefficient (Wildman–Crippen LogP) is 3.21. The van der Waals surface area contributed by atoms with Crippen LogP contribution < -0.4 is 0 Å². The summed E-state index contributed by atoms with van der Waals surface area (Å²) in [6.45, 7) is 4.80. The van der Waals surface area contributed by atoms with Crippen molar-refractivity contribution < 1.29 is 9.84 Å². The lowest BCUT2D eigenvalue weighted by Crippen LogP contribution is -2.53. The van der Waals surface area contributed by atoms with E-state index in [2.05, 4.69) is 11.8 Å². The minimum absolute atomic E-state index is 0.142. The first-order valence-corrected chi connectivity index (χ1v) is 9.68. The second-order valence-electron chi connectivity index (χ2n) is 8.91. The molecule has 0 spiro atoms. The summed E-state index contributed by atoms with van der Waals surface area (Å²) >= 11 is 0. The molecule has 4 aliphatic carbocycles. The predicted molar refractivity (Wildman–Crippen MR) is 87.7 cm³/mol. The molecular weight excluding hydrogens is 274 g/mol. The van der Waals surface area contributed by atoms with Crippen LogP contribution in [0.5, 0.6) is 0 Å². The van der Waals surface area contributed by atoms with Gasteiger partial charge >= 0.3 is 0 Å². The molecular formula is C19H33NO2. The van der Waals surface area contributed by atoms with E-state index in [1.165, 1.54) is 57.8 Å². The van der Waals surface area contributed by atoms with E-state index in [0.29, 0.717) is 12.6 Å². The van der Waals surface area contributed by atoms with Gasteiger partial charge in [0, 0.05) is 12.6 Å². The number of piperidine rings is 1. The van der Waals surface area contributed by atoms with Crippen LogP contribution in [0, 0.1) is 17.8 Å². The van der Waals surface area contributed by atoms with Crippen LogP contribution in [0.4, 0.5) is 0 Å². The Bertz CT molecular complexity index is 362. The zero-order chi connectivity index (χ0) is 15.2. The number of aliphatic hydroxyl groups excluding tert-OH is 1. The first kappa shape index (κ1) is 15.4. The van der Waals surface area contributed by atoms with E-state index in [9.17, 15) is 5.11 Å². The average Bonchev–Trinajstić information content (AvgIpc) is 2.46. The second kappa shape index (κ2) is 6.07. The number of rotatable bonds is 5. The lowest BCUT2D eigenvalue weighted by Gasteiger charge is -2.56. The van der Waals surface area contributed by atoms with Crippen LogP contribution in [0.25, 0.3) is 0 Å². The maximum atomic E-state index is 10.5. The average molecular weight is 307 g/mol. The molecule has 5 fully saturated rings. The number of likely N-dealkylation sites (tertiary alicyclic amines) is 1. The van der Waals surface area contributed by atoms with E-state index in [1.807, 2.05) is 0 Å². The molecule has 1 saturated heterocycles. The molecule has 1 heterocycles. The van der Waals surface area contributed by atoms with Crippen LogP contribution in [-0.4, -0.2) is 47.4 Å². The van der Waals surface area contributed by atoms with E-state index in [1.54, 1.807) is 0 Å². The summed E-state index contributed by atoms with van der Waals surface area (Å²) in [5.41, 5.74) is 0.142. The first-order chi connectivity index (χ1) is 10.6. The van der Waals surface area contributed by atoms with Crippen molar-refractivity contribution in [3.05, 3.63) is 0 Å². The Morgan fingerprint density at radius 2 is 1.73 bits per heavy atom. The number of β-amino-alcohol motifs (C(OH)–C–C–N with tert-alkyl or cyclic N) is 1. The van der Waals surface area contributed by atoms with Crippen molar-refractivity contribution in [1.82, 2.24) is 4.90 Å². The minimum atomic E-state index is -0.312. The molecule has 0 aromatic carbocycles. The van der Waals surface area contributed by atoms with Gasteiger partial charge in [-0.05, 0) is 82.6 Å². The topological polar surface area (TPSA) is 32.7 Å². The molecule has 22 heavy (non-hydrogen) atoms. The molecule has 2 atom stereocenters. The van der Waals surface area contributed by atoms with Gasteiger partial charge in [-0.1, -0.05) is 6.42 Å². The van der Waals surface area contributed by atoms with E-state index in [4.69, 9.17) is 4.74 Å². The quantitative estimate of drug-likeness (QED) is 0.846. The van der Waals surface area contributed by atoms with Crippen molar-refractivity contribution in [1.29, 1.82) is 0 Å². The summed E-state index contributed by atoms with van der Waals surface area (Å²) in [6, 6.07) is 0.628. The highest BCUT2D eigenvalue weighted by molar-refractivity contribution is 5.03. The Hall–Kier alpha value is -0.120. The van der Waals surface area contributed by atoms with Crippen LogP contribution >= 0.6 is 0 Å². The largest absolute Gasteiger partial charge is 0.389 e. The van der Waals surface area contributed by atoms with Gasteiger partial charge in [0.05, 0.1) is 18.3 Å². The van der Waals surface area contributed by atoms with Crippen LogP contribution in [0.15, 0.2) is 0 Å². The smallest absolute Gasteiger partial charge is 0.0900 e. The first-order valence-electron chi connectivity index (χ1n) is 9.68. The molecule has 5 aliphatic rings. The summed E-state index contributed by atoms with van der Waals surface area (Å²) in [5, 5.41) is 10.5. The summed E-state index contributed by atoms with van der Waals surface area (Å²) < 4.78 is 6.40. The SMILES string of the molecule is CC1CCCCN1CC(O)COC12CC3CC(CC(C3)C1)C2. The van der Waals surface area contributed by atoms with Crippen molar-refractivity contribution in [3.63, 3.8) is 0 Å². The Labute approximate surface area is 135 Å². The molecule has 0 aromatic heterocycles. The highest BCUT2D eigenvalue weighted by Crippen LogP contribution is 2.57. The number of aliphatic hydroxyl groups is 1. The summed E-state index contributed by atoms with van der Waals surface area (Å²) in [5.74, 6) is 2.77. The van der Waals surface area contributed by atoms with Crippen LogP contribution in [0.3, 0.4) is 0 Å². The standard InChI is InChI=1S/C19H33NO2/c1-14-4-2-3-5-20(14)12-18(21)13-22-19-9-15-6-16(10-19)8-17(7-15)11-19/h14-18,21H,2-13H2,1H3. The van der Waals surface area contributed by atoms with Crippen molar-refractivity contribution in [3.8, 4) is 0 Å². The maximum absolute atomic E-state index is 10.5. The molecule has 3 nitrogen and oxygen atoms in total. The third-order valence-electron chi connectivity index (χ3n) is 6.95. The molecule has 126 valence electrons. The zero-order valence-corrected chi connectivity index (χ0v) is 14.2. The highest BCUT2D eigenvalue weighted by atomic mass is 16.5. The van der Waals surface area contributed by atoms with E-state index >= 15 is 0 Å². The number of ether oxygens (including phenoxy) is 1. The molecule has 2 unspecified atom stereocenters. The van der Waals surface area contributed by atoms with Gasteiger partial charge in [0.2, 0.25) is 0 Å². The van der Waals surface area contributed by atoms with E-state index in [-0.39, 0.29) is 11.7 Å². The fourth-order valence-electron chi connectivity index (χ4n) is 6.23. The molecule has 1 aliphatic heterocycles.